The number of nitrogens with one attached hydrogen (secondary N) is 1. The van der Waals surface area contributed by atoms with Gasteiger partial charge in [-0.15, -0.1) is 0 Å². The molecule has 0 saturated carbocycles. The fourth-order valence-corrected chi connectivity index (χ4v) is 3.01. The summed E-state index contributed by atoms with van der Waals surface area (Å²) in [5.41, 5.74) is -0.577. The third-order valence-electron chi connectivity index (χ3n) is 3.94. The summed E-state index contributed by atoms with van der Waals surface area (Å²) >= 11 is 0. The summed E-state index contributed by atoms with van der Waals surface area (Å²) < 4.78 is 21.7. The van der Waals surface area contributed by atoms with Gasteiger partial charge in [0.05, 0.1) is 19.6 Å². The highest BCUT2D eigenvalue weighted by Crippen LogP contribution is 2.33. The Labute approximate surface area is 137 Å². The van der Waals surface area contributed by atoms with Gasteiger partial charge in [0.1, 0.15) is 17.7 Å². The molecular weight excluding hydrogens is 302 g/mol. The molecule has 132 valence electrons. The third-order valence-corrected chi connectivity index (χ3v) is 3.94. The Morgan fingerprint density at radius 3 is 2.35 bits per heavy atom. The Balaban J connectivity index is 2.10. The van der Waals surface area contributed by atoms with Crippen LogP contribution in [-0.2, 0) is 28.5 Å². The van der Waals surface area contributed by atoms with E-state index in [1.807, 2.05) is 34.6 Å². The van der Waals surface area contributed by atoms with Gasteiger partial charge in [-0.1, -0.05) is 0 Å². The van der Waals surface area contributed by atoms with Crippen molar-refractivity contribution >= 4 is 11.9 Å². The molecule has 2 heterocycles. The van der Waals surface area contributed by atoms with E-state index in [0.717, 1.165) is 0 Å². The molecule has 0 aromatic heterocycles. The molecule has 0 radical (unpaired) electrons. The highest BCUT2D eigenvalue weighted by molar-refractivity contribution is 5.80. The Kier molecular flexibility index (Phi) is 5.03. The van der Waals surface area contributed by atoms with Crippen molar-refractivity contribution in [1.29, 1.82) is 0 Å². The Morgan fingerprint density at radius 1 is 1.22 bits per heavy atom. The minimum Gasteiger partial charge on any atom is -0.469 e. The summed E-state index contributed by atoms with van der Waals surface area (Å²) in [5.74, 6) is -1.90. The topological polar surface area (TPSA) is 83.1 Å². The van der Waals surface area contributed by atoms with Crippen LogP contribution in [0.2, 0.25) is 0 Å². The van der Waals surface area contributed by atoms with Crippen LogP contribution in [0.1, 0.15) is 41.0 Å². The highest BCUT2D eigenvalue weighted by atomic mass is 16.7. The zero-order chi connectivity index (χ0) is 17.4. The van der Waals surface area contributed by atoms with Crippen LogP contribution in [0.15, 0.2) is 0 Å². The molecule has 2 aliphatic rings. The predicted molar refractivity (Wildman–Crippen MR) is 81.6 cm³/mol. The Bertz CT molecular complexity index is 470. The summed E-state index contributed by atoms with van der Waals surface area (Å²) in [7, 11) is 1.34. The first-order valence-electron chi connectivity index (χ1n) is 7.91. The third kappa shape index (κ3) is 4.43. The van der Waals surface area contributed by atoms with E-state index in [2.05, 4.69) is 5.32 Å². The molecule has 0 amide bonds. The van der Waals surface area contributed by atoms with Gasteiger partial charge in [0, 0.05) is 6.04 Å². The van der Waals surface area contributed by atoms with Crippen LogP contribution in [0.3, 0.4) is 0 Å². The molecule has 0 aromatic carbocycles. The van der Waals surface area contributed by atoms with Gasteiger partial charge in [0.25, 0.3) is 0 Å². The molecule has 23 heavy (non-hydrogen) atoms. The molecule has 2 fully saturated rings. The average Bonchev–Trinajstić information content (AvgIpc) is 2.99. The van der Waals surface area contributed by atoms with Crippen molar-refractivity contribution in [3.63, 3.8) is 0 Å². The van der Waals surface area contributed by atoms with Gasteiger partial charge in [-0.05, 0) is 41.0 Å². The van der Waals surface area contributed by atoms with Crippen LogP contribution in [0.25, 0.3) is 0 Å². The Hall–Kier alpha value is -1.18. The first kappa shape index (κ1) is 18.2. The van der Waals surface area contributed by atoms with Crippen LogP contribution in [0.5, 0.6) is 0 Å². The van der Waals surface area contributed by atoms with E-state index in [1.54, 1.807) is 0 Å². The van der Waals surface area contributed by atoms with E-state index >= 15 is 0 Å². The molecule has 4 atom stereocenters. The van der Waals surface area contributed by atoms with Crippen LogP contribution in [-0.4, -0.2) is 55.2 Å². The van der Waals surface area contributed by atoms with Crippen molar-refractivity contribution in [3.05, 3.63) is 0 Å². The molecule has 0 bridgehead atoms. The normalized spacial score (nSPS) is 33.5. The monoisotopic (exact) mass is 329 g/mol. The van der Waals surface area contributed by atoms with Crippen LogP contribution < -0.4 is 5.32 Å². The van der Waals surface area contributed by atoms with E-state index in [0.29, 0.717) is 13.0 Å². The van der Waals surface area contributed by atoms with E-state index in [9.17, 15) is 9.59 Å². The van der Waals surface area contributed by atoms with Crippen molar-refractivity contribution in [2.45, 2.75) is 70.6 Å². The van der Waals surface area contributed by atoms with Gasteiger partial charge in [0.2, 0.25) is 0 Å². The molecule has 2 aliphatic heterocycles. The first-order valence-corrected chi connectivity index (χ1v) is 7.91. The second kappa shape index (κ2) is 6.37. The van der Waals surface area contributed by atoms with Gasteiger partial charge in [0.15, 0.2) is 5.79 Å². The number of rotatable bonds is 3. The van der Waals surface area contributed by atoms with Crippen molar-refractivity contribution in [3.8, 4) is 0 Å². The molecule has 7 nitrogen and oxygen atoms in total. The van der Waals surface area contributed by atoms with E-state index < -0.39 is 23.3 Å². The summed E-state index contributed by atoms with van der Waals surface area (Å²) in [6, 6.07) is -0.905. The lowest BCUT2D eigenvalue weighted by Gasteiger charge is -2.25. The van der Waals surface area contributed by atoms with Crippen LogP contribution in [0.4, 0.5) is 0 Å². The van der Waals surface area contributed by atoms with Crippen molar-refractivity contribution < 1.29 is 28.5 Å². The smallest absolute Gasteiger partial charge is 0.323 e. The summed E-state index contributed by atoms with van der Waals surface area (Å²) in [6.07, 6.45) is 0.00791. The molecule has 0 aromatic rings. The van der Waals surface area contributed by atoms with Crippen molar-refractivity contribution in [1.82, 2.24) is 5.32 Å². The maximum atomic E-state index is 12.3. The average molecular weight is 329 g/mol. The molecular formula is C16H27NO6. The summed E-state index contributed by atoms with van der Waals surface area (Å²) in [5, 5.41) is 3.18. The number of esters is 2. The lowest BCUT2D eigenvalue weighted by Crippen LogP contribution is -2.47. The fraction of sp³-hybridized carbons (Fsp3) is 0.875. The number of carbonyl (C=O) groups is 2. The van der Waals surface area contributed by atoms with Gasteiger partial charge in [-0.25, -0.2) is 0 Å². The largest absolute Gasteiger partial charge is 0.469 e. The van der Waals surface area contributed by atoms with E-state index in [-0.39, 0.29) is 24.1 Å². The molecule has 7 heteroatoms. The molecule has 1 unspecified atom stereocenters. The predicted octanol–water partition coefficient (Wildman–Crippen LogP) is 0.999. The van der Waals surface area contributed by atoms with Gasteiger partial charge in [-0.3, -0.25) is 14.9 Å². The van der Waals surface area contributed by atoms with Gasteiger partial charge >= 0.3 is 11.9 Å². The SMILES string of the molecule is COC(=O)[C@H]1C[C@@H](C(=O)OC(C)(C)C)N[C@H]1C1COC(C)(C)O1. The van der Waals surface area contributed by atoms with Crippen molar-refractivity contribution in [2.75, 3.05) is 13.7 Å². The maximum absolute atomic E-state index is 12.3. The number of carbonyl (C=O) groups excluding carboxylic acids is 2. The highest BCUT2D eigenvalue weighted by Gasteiger charge is 2.50. The maximum Gasteiger partial charge on any atom is 0.323 e. The molecule has 0 spiro atoms. The number of ether oxygens (including phenoxy) is 4. The van der Waals surface area contributed by atoms with E-state index in [1.165, 1.54) is 7.11 Å². The minimum atomic E-state index is -0.697. The number of methoxy groups -OCH3 is 1. The van der Waals surface area contributed by atoms with Crippen LogP contribution in [0, 0.1) is 5.92 Å². The van der Waals surface area contributed by atoms with Gasteiger partial charge in [-0.2, -0.15) is 0 Å². The van der Waals surface area contributed by atoms with E-state index in [4.69, 9.17) is 18.9 Å². The fourth-order valence-electron chi connectivity index (χ4n) is 3.01. The van der Waals surface area contributed by atoms with Crippen molar-refractivity contribution in [2.24, 2.45) is 5.92 Å². The quantitative estimate of drug-likeness (QED) is 0.773. The number of hydrogen-bond acceptors (Lipinski definition) is 7. The second-order valence-electron chi connectivity index (χ2n) is 7.51. The lowest BCUT2D eigenvalue weighted by molar-refractivity contribution is -0.157. The molecule has 2 saturated heterocycles. The number of hydrogen-bond donors (Lipinski definition) is 1. The summed E-state index contributed by atoms with van der Waals surface area (Å²) in [6.45, 7) is 9.43. The zero-order valence-electron chi connectivity index (χ0n) is 14.7. The Morgan fingerprint density at radius 2 is 1.87 bits per heavy atom. The van der Waals surface area contributed by atoms with Gasteiger partial charge < -0.3 is 18.9 Å². The first-order chi connectivity index (χ1) is 10.5. The summed E-state index contributed by atoms with van der Waals surface area (Å²) in [4.78, 5) is 24.4. The zero-order valence-corrected chi connectivity index (χ0v) is 14.7. The van der Waals surface area contributed by atoms with Crippen LogP contribution >= 0.6 is 0 Å². The molecule has 1 N–H and O–H groups in total. The lowest BCUT2D eigenvalue weighted by atomic mass is 9.95. The molecule has 0 aliphatic carbocycles. The second-order valence-corrected chi connectivity index (χ2v) is 7.51. The molecule has 2 rings (SSSR count). The standard InChI is InChI=1S/C16H27NO6/c1-15(2,3)23-14(19)10-7-9(13(18)20-6)12(17-10)11-8-21-16(4,5)22-11/h9-12,17H,7-8H2,1-6H3/t9-,10-,11?,12+/m0/s1. The minimum absolute atomic E-state index is 0.318.